The highest BCUT2D eigenvalue weighted by molar-refractivity contribution is 8.00. The van der Waals surface area contributed by atoms with Crippen molar-refractivity contribution in [1.29, 1.82) is 0 Å². The van der Waals surface area contributed by atoms with Crippen molar-refractivity contribution in [2.45, 2.75) is 83.8 Å². The van der Waals surface area contributed by atoms with Crippen molar-refractivity contribution in [2.75, 3.05) is 12.4 Å². The molecule has 0 aliphatic heterocycles. The minimum absolute atomic E-state index is 0.0495. The maximum absolute atomic E-state index is 12.7. The Balaban J connectivity index is 3.96. The third kappa shape index (κ3) is 13.4. The molecule has 0 aliphatic carbocycles. The molecule has 1 unspecified atom stereocenters. The number of hydrogen-bond acceptors (Lipinski definition) is 3. The largest absolute Gasteiger partial charge is 0.465 e. The fourth-order valence-corrected chi connectivity index (χ4v) is 3.39. The highest BCUT2D eigenvalue weighted by atomic mass is 32.2. The first-order valence-corrected chi connectivity index (χ1v) is 9.47. The summed E-state index contributed by atoms with van der Waals surface area (Å²) in [4.78, 5) is 12.1. The number of thioether (sulfide) groups is 1. The van der Waals surface area contributed by atoms with Crippen molar-refractivity contribution in [3.8, 4) is 0 Å². The van der Waals surface area contributed by atoms with Crippen LogP contribution >= 0.6 is 11.8 Å². The summed E-state index contributed by atoms with van der Waals surface area (Å²) >= 11 is 1.61. The van der Waals surface area contributed by atoms with E-state index < -0.39 is 5.92 Å². The zero-order valence-electron chi connectivity index (χ0n) is 14.5. The average Bonchev–Trinajstić information content (AvgIpc) is 2.39. The second-order valence-corrected chi connectivity index (χ2v) is 7.70. The van der Waals surface area contributed by atoms with Crippen LogP contribution in [0.4, 0.5) is 8.78 Å². The van der Waals surface area contributed by atoms with Crippen LogP contribution in [0.1, 0.15) is 72.6 Å². The van der Waals surface area contributed by atoms with Crippen molar-refractivity contribution in [1.82, 2.24) is 0 Å². The number of alkyl halides is 2. The van der Waals surface area contributed by atoms with Gasteiger partial charge in [0.05, 0.1) is 6.61 Å². The van der Waals surface area contributed by atoms with Crippen LogP contribution in [-0.2, 0) is 9.53 Å². The fraction of sp³-hybridized carbons (Fsp3) is 0.941. The van der Waals surface area contributed by atoms with E-state index >= 15 is 0 Å². The molecule has 0 N–H and O–H groups in total. The summed E-state index contributed by atoms with van der Waals surface area (Å²) in [5.41, 5.74) is 0. The molecular weight excluding hydrogens is 306 g/mol. The Labute approximate surface area is 138 Å². The first-order valence-electron chi connectivity index (χ1n) is 8.42. The summed E-state index contributed by atoms with van der Waals surface area (Å²) in [5, 5.41) is -0.121. The first kappa shape index (κ1) is 21.7. The highest BCUT2D eigenvalue weighted by Gasteiger charge is 2.22. The highest BCUT2D eigenvalue weighted by Crippen LogP contribution is 2.24. The predicted octanol–water partition coefficient (Wildman–Crippen LogP) is 5.69. The van der Waals surface area contributed by atoms with Crippen molar-refractivity contribution >= 4 is 17.7 Å². The second kappa shape index (κ2) is 12.1. The third-order valence-corrected chi connectivity index (χ3v) is 4.58. The van der Waals surface area contributed by atoms with E-state index in [0.29, 0.717) is 18.9 Å². The lowest BCUT2D eigenvalue weighted by Crippen LogP contribution is -2.23. The number of halogens is 2. The molecule has 0 spiro atoms. The van der Waals surface area contributed by atoms with Crippen molar-refractivity contribution in [2.24, 2.45) is 5.92 Å². The van der Waals surface area contributed by atoms with Gasteiger partial charge in [0.15, 0.2) is 0 Å². The van der Waals surface area contributed by atoms with E-state index in [-0.39, 0.29) is 17.6 Å². The van der Waals surface area contributed by atoms with Crippen LogP contribution in [0.3, 0.4) is 0 Å². The van der Waals surface area contributed by atoms with Crippen LogP contribution < -0.4 is 0 Å². The minimum atomic E-state index is -2.56. The van der Waals surface area contributed by atoms with Gasteiger partial charge in [-0.2, -0.15) is 0 Å². The van der Waals surface area contributed by atoms with Gasteiger partial charge in [0.25, 0.3) is 0 Å². The Bertz CT molecular complexity index is 291. The number of ether oxygens (including phenoxy) is 1. The molecular formula is C17H32F2O2S. The molecule has 0 fully saturated rings. The molecule has 0 heterocycles. The maximum atomic E-state index is 12.7. The van der Waals surface area contributed by atoms with Gasteiger partial charge in [-0.1, -0.05) is 33.6 Å². The third-order valence-electron chi connectivity index (χ3n) is 3.27. The molecule has 0 aromatic carbocycles. The van der Waals surface area contributed by atoms with Gasteiger partial charge in [-0.15, -0.1) is 11.8 Å². The maximum Gasteiger partial charge on any atom is 0.319 e. The Hall–Kier alpha value is -0.320. The number of carbonyl (C=O) groups excluding carboxylic acids is 1. The molecule has 0 rings (SSSR count). The molecule has 0 saturated heterocycles. The van der Waals surface area contributed by atoms with E-state index in [0.717, 1.165) is 44.8 Å². The molecule has 0 aliphatic rings. The normalized spacial score (nSPS) is 13.4. The molecule has 0 amide bonds. The molecule has 0 aromatic rings. The lowest BCUT2D eigenvalue weighted by Gasteiger charge is -2.17. The number of rotatable bonds is 13. The predicted molar refractivity (Wildman–Crippen MR) is 90.7 cm³/mol. The quantitative estimate of drug-likeness (QED) is 0.318. The van der Waals surface area contributed by atoms with Crippen LogP contribution in [0.25, 0.3) is 0 Å². The van der Waals surface area contributed by atoms with Gasteiger partial charge in [0.2, 0.25) is 5.92 Å². The number of hydrogen-bond donors (Lipinski definition) is 0. The van der Waals surface area contributed by atoms with Crippen LogP contribution in [-0.4, -0.2) is 29.5 Å². The Morgan fingerprint density at radius 1 is 1.18 bits per heavy atom. The topological polar surface area (TPSA) is 26.3 Å². The van der Waals surface area contributed by atoms with E-state index in [1.807, 2.05) is 0 Å². The van der Waals surface area contributed by atoms with E-state index in [9.17, 15) is 13.6 Å². The Morgan fingerprint density at radius 2 is 1.86 bits per heavy atom. The van der Waals surface area contributed by atoms with Gasteiger partial charge in [-0.05, 0) is 44.3 Å². The zero-order chi connectivity index (χ0) is 17.0. The average molecular weight is 339 g/mol. The summed E-state index contributed by atoms with van der Waals surface area (Å²) in [6.45, 7) is 7.71. The Kier molecular flexibility index (Phi) is 12.0. The van der Waals surface area contributed by atoms with Gasteiger partial charge in [0, 0.05) is 6.42 Å². The number of esters is 1. The zero-order valence-corrected chi connectivity index (χ0v) is 15.3. The molecule has 5 heteroatoms. The van der Waals surface area contributed by atoms with Crippen molar-refractivity contribution in [3.05, 3.63) is 0 Å². The molecule has 22 heavy (non-hydrogen) atoms. The number of unbranched alkanes of at least 4 members (excludes halogenated alkanes) is 3. The van der Waals surface area contributed by atoms with Gasteiger partial charge >= 0.3 is 5.97 Å². The second-order valence-electron chi connectivity index (χ2n) is 6.39. The van der Waals surface area contributed by atoms with E-state index in [1.165, 1.54) is 0 Å². The first-order chi connectivity index (χ1) is 10.3. The SMILES string of the molecule is CCCCOC(=O)C(CC(C)C)SCCCCCC(C)(F)F. The standard InChI is InChI=1S/C17H32F2O2S/c1-5-6-11-21-16(20)15(13-14(2)3)22-12-9-7-8-10-17(4,18)19/h14-15H,5-13H2,1-4H3. The van der Waals surface area contributed by atoms with Gasteiger partial charge in [0.1, 0.15) is 5.25 Å². The minimum Gasteiger partial charge on any atom is -0.465 e. The van der Waals surface area contributed by atoms with Crippen LogP contribution in [0.15, 0.2) is 0 Å². The molecule has 1 atom stereocenters. The molecule has 132 valence electrons. The monoisotopic (exact) mass is 338 g/mol. The van der Waals surface area contributed by atoms with E-state index in [2.05, 4.69) is 20.8 Å². The summed E-state index contributed by atoms with van der Waals surface area (Å²) in [6.07, 6.45) is 4.87. The Morgan fingerprint density at radius 3 is 2.41 bits per heavy atom. The summed E-state index contributed by atoms with van der Waals surface area (Å²) in [5.74, 6) is -1.41. The molecule has 0 saturated carbocycles. The molecule has 0 aromatic heterocycles. The summed E-state index contributed by atoms with van der Waals surface area (Å²) < 4.78 is 30.7. The van der Waals surface area contributed by atoms with Crippen molar-refractivity contribution in [3.63, 3.8) is 0 Å². The van der Waals surface area contributed by atoms with Crippen molar-refractivity contribution < 1.29 is 18.3 Å². The molecule has 0 bridgehead atoms. The van der Waals surface area contributed by atoms with E-state index in [1.54, 1.807) is 11.8 Å². The van der Waals surface area contributed by atoms with Gasteiger partial charge in [-0.3, -0.25) is 4.79 Å². The van der Waals surface area contributed by atoms with Crippen LogP contribution in [0.5, 0.6) is 0 Å². The van der Waals surface area contributed by atoms with Gasteiger partial charge < -0.3 is 4.74 Å². The lowest BCUT2D eigenvalue weighted by atomic mass is 10.1. The summed E-state index contributed by atoms with van der Waals surface area (Å²) in [6, 6.07) is 0. The van der Waals surface area contributed by atoms with Crippen LogP contribution in [0, 0.1) is 5.92 Å². The smallest absolute Gasteiger partial charge is 0.319 e. The van der Waals surface area contributed by atoms with E-state index in [4.69, 9.17) is 4.74 Å². The molecule has 0 radical (unpaired) electrons. The number of carbonyl (C=O) groups is 1. The molecule has 2 nitrogen and oxygen atoms in total. The lowest BCUT2D eigenvalue weighted by molar-refractivity contribution is -0.143. The van der Waals surface area contributed by atoms with Gasteiger partial charge in [-0.25, -0.2) is 8.78 Å². The summed E-state index contributed by atoms with van der Waals surface area (Å²) in [7, 11) is 0. The van der Waals surface area contributed by atoms with Crippen LogP contribution in [0.2, 0.25) is 0 Å². The fourth-order valence-electron chi connectivity index (χ4n) is 2.01.